The molecule has 1 fully saturated rings. The number of unbranched alkanes of at least 4 members (excludes halogenated alkanes) is 1. The van der Waals surface area contributed by atoms with Gasteiger partial charge in [-0.25, -0.2) is 4.79 Å². The average Bonchev–Trinajstić information content (AvgIpc) is 2.47. The van der Waals surface area contributed by atoms with Crippen LogP contribution in [0.2, 0.25) is 0 Å². The van der Waals surface area contributed by atoms with E-state index in [4.69, 9.17) is 5.11 Å². The molecule has 0 aromatic carbocycles. The Morgan fingerprint density at radius 2 is 1.90 bits per heavy atom. The van der Waals surface area contributed by atoms with Crippen LogP contribution in [0.4, 0.5) is 4.79 Å². The van der Waals surface area contributed by atoms with Crippen LogP contribution in [-0.4, -0.2) is 52.6 Å². The standard InChI is InChI=1S/C15H28N2O3/c1-4-6-9-17(12(3)5-2)15(20)16-10-7-13(8-11-16)14(18)19/h12-13H,4-11H2,1-3H3,(H,18,19). The highest BCUT2D eigenvalue weighted by molar-refractivity contribution is 5.76. The molecule has 0 aromatic heterocycles. The Balaban J connectivity index is 2.59. The molecular formula is C15H28N2O3. The van der Waals surface area contributed by atoms with Crippen molar-refractivity contribution in [1.29, 1.82) is 0 Å². The molecule has 0 saturated carbocycles. The number of urea groups is 1. The first-order valence-electron chi connectivity index (χ1n) is 7.79. The number of carbonyl (C=O) groups excluding carboxylic acids is 1. The van der Waals surface area contributed by atoms with Crippen molar-refractivity contribution < 1.29 is 14.7 Å². The molecule has 5 heteroatoms. The summed E-state index contributed by atoms with van der Waals surface area (Å²) in [5.41, 5.74) is 0. The molecule has 1 rings (SSSR count). The Labute approximate surface area is 121 Å². The van der Waals surface area contributed by atoms with Gasteiger partial charge >= 0.3 is 12.0 Å². The van der Waals surface area contributed by atoms with Crippen molar-refractivity contribution in [3.05, 3.63) is 0 Å². The summed E-state index contributed by atoms with van der Waals surface area (Å²) in [5.74, 6) is -1.02. The van der Waals surface area contributed by atoms with Crippen molar-refractivity contribution in [3.63, 3.8) is 0 Å². The lowest BCUT2D eigenvalue weighted by atomic mass is 9.97. The van der Waals surface area contributed by atoms with Crippen LogP contribution in [0.15, 0.2) is 0 Å². The third-order valence-electron chi connectivity index (χ3n) is 4.24. The molecule has 1 aliphatic rings. The number of carboxylic acids is 1. The van der Waals surface area contributed by atoms with Crippen molar-refractivity contribution in [2.45, 2.75) is 58.9 Å². The highest BCUT2D eigenvalue weighted by Crippen LogP contribution is 2.20. The Morgan fingerprint density at radius 1 is 1.30 bits per heavy atom. The number of hydrogen-bond acceptors (Lipinski definition) is 2. The quantitative estimate of drug-likeness (QED) is 0.816. The molecule has 2 amide bonds. The number of carbonyl (C=O) groups is 2. The highest BCUT2D eigenvalue weighted by atomic mass is 16.4. The molecule has 0 bridgehead atoms. The first kappa shape index (κ1) is 16.8. The van der Waals surface area contributed by atoms with Crippen LogP contribution in [-0.2, 0) is 4.79 Å². The number of amides is 2. The predicted molar refractivity (Wildman–Crippen MR) is 78.7 cm³/mol. The van der Waals surface area contributed by atoms with Crippen LogP contribution >= 0.6 is 0 Å². The van der Waals surface area contributed by atoms with Crippen molar-refractivity contribution >= 4 is 12.0 Å². The molecule has 0 radical (unpaired) electrons. The van der Waals surface area contributed by atoms with Gasteiger partial charge < -0.3 is 14.9 Å². The SMILES string of the molecule is CCCCN(C(=O)N1CCC(C(=O)O)CC1)C(C)CC. The van der Waals surface area contributed by atoms with E-state index in [1.54, 1.807) is 0 Å². The minimum Gasteiger partial charge on any atom is -0.481 e. The summed E-state index contributed by atoms with van der Waals surface area (Å²) in [4.78, 5) is 27.3. The molecule has 1 unspecified atom stereocenters. The Morgan fingerprint density at radius 3 is 2.35 bits per heavy atom. The molecule has 1 N–H and O–H groups in total. The Hall–Kier alpha value is -1.26. The van der Waals surface area contributed by atoms with Gasteiger partial charge in [-0.15, -0.1) is 0 Å². The minimum absolute atomic E-state index is 0.0802. The van der Waals surface area contributed by atoms with E-state index < -0.39 is 5.97 Å². The molecule has 1 saturated heterocycles. The van der Waals surface area contributed by atoms with Crippen molar-refractivity contribution in [1.82, 2.24) is 9.80 Å². The molecule has 1 aliphatic heterocycles. The zero-order valence-corrected chi connectivity index (χ0v) is 13.0. The van der Waals surface area contributed by atoms with Gasteiger partial charge in [-0.3, -0.25) is 4.79 Å². The smallest absolute Gasteiger partial charge is 0.320 e. The van der Waals surface area contributed by atoms with Crippen LogP contribution in [0.25, 0.3) is 0 Å². The number of carboxylic acid groups (broad SMARTS) is 1. The number of nitrogens with zero attached hydrogens (tertiary/aromatic N) is 2. The molecular weight excluding hydrogens is 256 g/mol. The van der Waals surface area contributed by atoms with Gasteiger partial charge in [0.15, 0.2) is 0 Å². The van der Waals surface area contributed by atoms with E-state index in [2.05, 4.69) is 20.8 Å². The average molecular weight is 284 g/mol. The summed E-state index contributed by atoms with van der Waals surface area (Å²) >= 11 is 0. The normalized spacial score (nSPS) is 17.9. The van der Waals surface area contributed by atoms with Crippen molar-refractivity contribution in [2.75, 3.05) is 19.6 Å². The topological polar surface area (TPSA) is 60.9 Å². The molecule has 116 valence electrons. The molecule has 0 spiro atoms. The fourth-order valence-corrected chi connectivity index (χ4v) is 2.55. The van der Waals surface area contributed by atoms with Gasteiger partial charge in [0.25, 0.3) is 0 Å². The first-order valence-corrected chi connectivity index (χ1v) is 7.79. The maximum atomic E-state index is 12.6. The second-order valence-electron chi connectivity index (χ2n) is 5.69. The van der Waals surface area contributed by atoms with Crippen LogP contribution < -0.4 is 0 Å². The minimum atomic E-state index is -0.734. The summed E-state index contributed by atoms with van der Waals surface area (Å²) in [6.07, 6.45) is 4.18. The lowest BCUT2D eigenvalue weighted by Gasteiger charge is -2.37. The van der Waals surface area contributed by atoms with E-state index in [1.807, 2.05) is 9.80 Å². The van der Waals surface area contributed by atoms with E-state index in [-0.39, 0.29) is 18.0 Å². The van der Waals surface area contributed by atoms with Gasteiger partial charge in [-0.05, 0) is 32.6 Å². The predicted octanol–water partition coefficient (Wildman–Crippen LogP) is 2.80. The summed E-state index contributed by atoms with van der Waals surface area (Å²) < 4.78 is 0. The summed E-state index contributed by atoms with van der Waals surface area (Å²) in [7, 11) is 0. The van der Waals surface area contributed by atoms with Gasteiger partial charge in [0.2, 0.25) is 0 Å². The molecule has 0 aromatic rings. The second-order valence-corrected chi connectivity index (χ2v) is 5.69. The summed E-state index contributed by atoms with van der Waals surface area (Å²) in [6.45, 7) is 8.22. The maximum absolute atomic E-state index is 12.6. The third kappa shape index (κ3) is 4.39. The summed E-state index contributed by atoms with van der Waals surface area (Å²) in [6, 6.07) is 0.322. The van der Waals surface area contributed by atoms with E-state index in [1.165, 1.54) is 0 Å². The van der Waals surface area contributed by atoms with Crippen LogP contribution in [0, 0.1) is 5.92 Å². The van der Waals surface area contributed by atoms with Crippen LogP contribution in [0.1, 0.15) is 52.9 Å². The number of piperidine rings is 1. The third-order valence-corrected chi connectivity index (χ3v) is 4.24. The lowest BCUT2D eigenvalue weighted by Crippen LogP contribution is -2.50. The monoisotopic (exact) mass is 284 g/mol. The molecule has 1 atom stereocenters. The number of hydrogen-bond donors (Lipinski definition) is 1. The Bertz CT molecular complexity index is 325. The van der Waals surface area contributed by atoms with E-state index in [0.29, 0.717) is 25.9 Å². The van der Waals surface area contributed by atoms with Crippen LogP contribution in [0.3, 0.4) is 0 Å². The zero-order valence-electron chi connectivity index (χ0n) is 13.0. The first-order chi connectivity index (χ1) is 9.51. The van der Waals surface area contributed by atoms with Gasteiger partial charge in [0, 0.05) is 25.7 Å². The Kier molecular flexibility index (Phi) is 6.82. The van der Waals surface area contributed by atoms with Gasteiger partial charge in [-0.2, -0.15) is 0 Å². The zero-order chi connectivity index (χ0) is 15.1. The second kappa shape index (κ2) is 8.12. The van der Waals surface area contributed by atoms with E-state index in [9.17, 15) is 9.59 Å². The largest absolute Gasteiger partial charge is 0.481 e. The van der Waals surface area contributed by atoms with Gasteiger partial charge in [0.05, 0.1) is 5.92 Å². The van der Waals surface area contributed by atoms with Crippen molar-refractivity contribution in [3.8, 4) is 0 Å². The van der Waals surface area contributed by atoms with Gasteiger partial charge in [0.1, 0.15) is 0 Å². The number of likely N-dealkylation sites (tertiary alicyclic amines) is 1. The lowest BCUT2D eigenvalue weighted by molar-refractivity contribution is -0.143. The van der Waals surface area contributed by atoms with E-state index in [0.717, 1.165) is 25.8 Å². The number of aliphatic carboxylic acids is 1. The van der Waals surface area contributed by atoms with Gasteiger partial charge in [-0.1, -0.05) is 20.3 Å². The van der Waals surface area contributed by atoms with E-state index >= 15 is 0 Å². The maximum Gasteiger partial charge on any atom is 0.320 e. The number of rotatable bonds is 6. The highest BCUT2D eigenvalue weighted by Gasteiger charge is 2.30. The fourth-order valence-electron chi connectivity index (χ4n) is 2.55. The molecule has 0 aliphatic carbocycles. The van der Waals surface area contributed by atoms with Crippen molar-refractivity contribution in [2.24, 2.45) is 5.92 Å². The fraction of sp³-hybridized carbons (Fsp3) is 0.867. The molecule has 20 heavy (non-hydrogen) atoms. The summed E-state index contributed by atoms with van der Waals surface area (Å²) in [5, 5.41) is 9.00. The molecule has 1 heterocycles. The van der Waals surface area contributed by atoms with Crippen LogP contribution in [0.5, 0.6) is 0 Å². The molecule has 5 nitrogen and oxygen atoms in total.